The number of hydrogen-bond donors (Lipinski definition) is 6. The number of nitrogens with two attached hydrogens (primary N) is 1. The maximum Gasteiger partial charge on any atom is 0.434 e. The number of hydrogen-bond acceptors (Lipinski definition) is 10. The van der Waals surface area contributed by atoms with Crippen LogP contribution in [0.1, 0.15) is 59.3 Å². The lowest BCUT2D eigenvalue weighted by atomic mass is 10.1. The molecule has 0 spiro atoms. The van der Waals surface area contributed by atoms with Gasteiger partial charge in [0.2, 0.25) is 0 Å². The molecule has 326 valence electrons. The second-order valence-corrected chi connectivity index (χ2v) is 16.3. The Morgan fingerprint density at radius 2 is 1.67 bits per heavy atom. The Kier molecular flexibility index (Phi) is 18.4. The first-order chi connectivity index (χ1) is 27.6. The molecule has 0 saturated carbocycles. The van der Waals surface area contributed by atoms with Crippen molar-refractivity contribution < 1.29 is 69.9 Å². The number of alkyl halides is 3. The third-order valence-electron chi connectivity index (χ3n) is 7.13. The van der Waals surface area contributed by atoms with Crippen molar-refractivity contribution in [3.8, 4) is 11.3 Å². The van der Waals surface area contributed by atoms with E-state index in [1.54, 1.807) is 13.8 Å². The number of hydrazone groups is 1. The molecule has 2 amide bonds. The zero-order chi connectivity index (χ0) is 45.9. The van der Waals surface area contributed by atoms with E-state index in [9.17, 15) is 50.1 Å². The van der Waals surface area contributed by atoms with Gasteiger partial charge in [0.05, 0.1) is 32.4 Å². The van der Waals surface area contributed by atoms with E-state index in [0.29, 0.717) is 10.7 Å². The van der Waals surface area contributed by atoms with Crippen molar-refractivity contribution in [3.05, 3.63) is 98.1 Å². The van der Waals surface area contributed by atoms with E-state index < -0.39 is 77.2 Å². The molecule has 7 N–H and O–H groups in total. The predicted octanol–water partition coefficient (Wildman–Crippen LogP) is 7.52. The lowest BCUT2D eigenvalue weighted by molar-refractivity contribution is -0.144. The van der Waals surface area contributed by atoms with Crippen LogP contribution in [-0.4, -0.2) is 84.5 Å². The average Bonchev–Trinajstić information content (AvgIpc) is 3.42. The van der Waals surface area contributed by atoms with E-state index >= 15 is 0 Å². The number of carboxylic acid groups (broad SMARTS) is 2. The van der Waals surface area contributed by atoms with Gasteiger partial charge in [-0.05, 0) is 79.5 Å². The zero-order valence-corrected chi connectivity index (χ0v) is 35.1. The summed E-state index contributed by atoms with van der Waals surface area (Å²) in [4.78, 5) is 57.6. The highest BCUT2D eigenvalue weighted by atomic mass is 79.9. The number of amides is 2. The highest BCUT2D eigenvalue weighted by Crippen LogP contribution is 2.41. The van der Waals surface area contributed by atoms with Gasteiger partial charge in [-0.3, -0.25) is 19.0 Å². The Morgan fingerprint density at radius 1 is 1.07 bits per heavy atom. The van der Waals surface area contributed by atoms with Crippen molar-refractivity contribution in [2.24, 2.45) is 17.9 Å². The molecule has 2 unspecified atom stereocenters. The van der Waals surface area contributed by atoms with Gasteiger partial charge < -0.3 is 30.9 Å². The van der Waals surface area contributed by atoms with E-state index in [1.165, 1.54) is 31.9 Å². The minimum absolute atomic E-state index is 0.0412. The van der Waals surface area contributed by atoms with E-state index in [2.05, 4.69) is 41.9 Å². The SMILES string of the molecule is C/C(=N\NC(=O)Nc1cc(F)cc(F)c1)c1ncccc1C(=O)O.CC(C)OC(=O)c1cc(-c2nn(C)c(C(F)(F)F)c2Br)c(F)cc1Cl.CP(=O)(O)CCC(N)C(=O)O. The number of urea groups is 1. The number of rotatable bonds is 11. The summed E-state index contributed by atoms with van der Waals surface area (Å²) in [5.41, 5.74) is 5.39. The number of carboxylic acids is 2. The molecule has 0 saturated heterocycles. The van der Waals surface area contributed by atoms with E-state index in [-0.39, 0.29) is 57.1 Å². The second-order valence-electron chi connectivity index (χ2n) is 12.5. The summed E-state index contributed by atoms with van der Waals surface area (Å²) in [5.74, 6) is -5.75. The van der Waals surface area contributed by atoms with Crippen molar-refractivity contribution >= 4 is 70.2 Å². The number of carbonyl (C=O) groups excluding carboxylic acids is 2. The number of nitrogens with zero attached hydrogens (tertiary/aromatic N) is 4. The number of ether oxygens (including phenoxy) is 1. The maximum atomic E-state index is 14.3. The predicted molar refractivity (Wildman–Crippen MR) is 210 cm³/mol. The fourth-order valence-corrected chi connectivity index (χ4v) is 6.24. The highest BCUT2D eigenvalue weighted by molar-refractivity contribution is 9.10. The van der Waals surface area contributed by atoms with Crippen molar-refractivity contribution in [2.45, 2.75) is 45.5 Å². The first kappa shape index (κ1) is 50.8. The molecule has 0 fully saturated rings. The Balaban J connectivity index is 0.000000334. The minimum Gasteiger partial charge on any atom is -0.480 e. The number of halogens is 8. The third kappa shape index (κ3) is 15.7. The van der Waals surface area contributed by atoms with Gasteiger partial charge in [0, 0.05) is 43.4 Å². The third-order valence-corrected chi connectivity index (χ3v) is 9.28. The van der Waals surface area contributed by atoms with Crippen LogP contribution in [0, 0.1) is 17.5 Å². The van der Waals surface area contributed by atoms with E-state index in [4.69, 9.17) is 37.2 Å². The van der Waals surface area contributed by atoms with E-state index in [1.807, 2.05) is 0 Å². The molecular weight excluding hydrogens is 923 g/mol. The average molecular weight is 959 g/mol. The van der Waals surface area contributed by atoms with Crippen molar-refractivity contribution in [3.63, 3.8) is 0 Å². The normalized spacial score (nSPS) is 12.8. The number of benzene rings is 2. The van der Waals surface area contributed by atoms with Gasteiger partial charge in [0.25, 0.3) is 0 Å². The first-order valence-corrected chi connectivity index (χ1v) is 20.1. The minimum atomic E-state index is -4.69. The van der Waals surface area contributed by atoms with Gasteiger partial charge in [-0.1, -0.05) is 11.6 Å². The molecule has 2 aromatic carbocycles. The molecule has 16 nitrogen and oxygen atoms in total. The summed E-state index contributed by atoms with van der Waals surface area (Å²) in [6.07, 6.45) is -3.76. The van der Waals surface area contributed by atoms with Gasteiger partial charge >= 0.3 is 30.1 Å². The molecule has 0 aliphatic carbocycles. The van der Waals surface area contributed by atoms with Crippen LogP contribution in [0.15, 0.2) is 58.2 Å². The van der Waals surface area contributed by atoms with Crippen molar-refractivity contribution in [1.82, 2.24) is 20.2 Å². The van der Waals surface area contributed by atoms with Crippen LogP contribution < -0.4 is 16.5 Å². The van der Waals surface area contributed by atoms with Crippen LogP contribution in [0.4, 0.5) is 36.8 Å². The number of pyridine rings is 1. The van der Waals surface area contributed by atoms with Crippen LogP contribution >= 0.6 is 34.9 Å². The number of aromatic nitrogens is 3. The molecule has 4 rings (SSSR count). The quantitative estimate of drug-likeness (QED) is 0.0281. The number of aliphatic carboxylic acids is 1. The number of aryl methyl sites for hydroxylation is 1. The molecule has 0 radical (unpaired) electrons. The molecule has 2 heterocycles. The fraction of sp³-hybridized carbons (Fsp3) is 0.286. The lowest BCUT2D eigenvalue weighted by Crippen LogP contribution is -2.30. The molecule has 25 heteroatoms. The topological polar surface area (TPSA) is 248 Å². The van der Waals surface area contributed by atoms with E-state index in [0.717, 1.165) is 31.3 Å². The smallest absolute Gasteiger partial charge is 0.434 e. The monoisotopic (exact) mass is 957 g/mol. The molecule has 0 aliphatic rings. The summed E-state index contributed by atoms with van der Waals surface area (Å²) >= 11 is 8.67. The number of aromatic carboxylic acids is 1. The van der Waals surface area contributed by atoms with Gasteiger partial charge in [-0.25, -0.2) is 33.0 Å². The van der Waals surface area contributed by atoms with Crippen LogP contribution in [0.2, 0.25) is 5.02 Å². The van der Waals surface area contributed by atoms with Gasteiger partial charge in [-0.2, -0.15) is 23.4 Å². The van der Waals surface area contributed by atoms with Gasteiger partial charge in [-0.15, -0.1) is 0 Å². The summed E-state index contributed by atoms with van der Waals surface area (Å²) in [5, 5.41) is 26.8. The zero-order valence-electron chi connectivity index (χ0n) is 31.8. The van der Waals surface area contributed by atoms with Crippen molar-refractivity contribution in [1.29, 1.82) is 0 Å². The van der Waals surface area contributed by atoms with Gasteiger partial charge in [0.15, 0.2) is 13.1 Å². The van der Waals surface area contributed by atoms with Crippen LogP contribution in [-0.2, 0) is 27.3 Å². The summed E-state index contributed by atoms with van der Waals surface area (Å²) in [6, 6.07) is 5.30. The highest BCUT2D eigenvalue weighted by Gasteiger charge is 2.39. The number of anilines is 1. The Morgan fingerprint density at radius 3 is 2.17 bits per heavy atom. The maximum absolute atomic E-state index is 14.3. The summed E-state index contributed by atoms with van der Waals surface area (Å²) in [6.45, 7) is 5.86. The Labute approximate surface area is 350 Å². The summed E-state index contributed by atoms with van der Waals surface area (Å²) < 4.78 is 95.3. The molecule has 4 aromatic rings. The van der Waals surface area contributed by atoms with Crippen LogP contribution in [0.3, 0.4) is 0 Å². The molecule has 60 heavy (non-hydrogen) atoms. The van der Waals surface area contributed by atoms with Crippen molar-refractivity contribution in [2.75, 3.05) is 18.1 Å². The molecule has 2 aromatic heterocycles. The molecule has 2 atom stereocenters. The van der Waals surface area contributed by atoms with Crippen LogP contribution in [0.25, 0.3) is 11.3 Å². The number of nitrogens with one attached hydrogen (secondary N) is 2. The number of esters is 1. The number of carbonyl (C=O) groups is 4. The first-order valence-electron chi connectivity index (χ1n) is 16.7. The molecule has 0 aliphatic heterocycles. The molecular formula is C35H36BrClF6N7O9P. The lowest BCUT2D eigenvalue weighted by Gasteiger charge is -2.11. The summed E-state index contributed by atoms with van der Waals surface area (Å²) in [7, 11) is -2.02. The molecule has 0 bridgehead atoms. The largest absolute Gasteiger partial charge is 0.480 e. The van der Waals surface area contributed by atoms with Crippen LogP contribution in [0.5, 0.6) is 0 Å². The standard InChI is InChI=1S/C15H12BrClF4N2O2.C15H12F2N4O3.C5H12NO4P/c1-6(2)25-14(24)7-4-8(10(18)5-9(7)17)12-11(16)13(15(19,20)21)23(3)22-12;1-8(13-12(14(22)23)3-2-4-18-13)20-21-15(24)19-11-6-9(16)5-10(17)7-11;1-11(9,10)3-2-4(6)5(7)8/h4-6H,1-3H3;2-7H,1H3,(H,22,23)(H2,19,21,24);4H,2-3,6H2,1H3,(H,7,8)(H,9,10)/b;20-8+;. The fourth-order valence-electron chi connectivity index (χ4n) is 4.48. The second kappa shape index (κ2) is 21.8. The Bertz CT molecular complexity index is 2290. The van der Waals surface area contributed by atoms with Gasteiger partial charge in [0.1, 0.15) is 34.9 Å². The Hall–Kier alpha value is -5.35.